The summed E-state index contributed by atoms with van der Waals surface area (Å²) in [4.78, 5) is 37.9. The van der Waals surface area contributed by atoms with Crippen molar-refractivity contribution in [2.45, 2.75) is 32.7 Å². The number of hydroxylamine groups is 1. The maximum absolute atomic E-state index is 11.6. The highest BCUT2D eigenvalue weighted by Gasteiger charge is 2.30. The van der Waals surface area contributed by atoms with Crippen molar-refractivity contribution in [3.63, 3.8) is 0 Å². The molecular weight excluding hydrogens is 228 g/mol. The third-order valence-electron chi connectivity index (χ3n) is 2.34. The van der Waals surface area contributed by atoms with Crippen molar-refractivity contribution >= 4 is 17.8 Å². The minimum atomic E-state index is -0.954. The molecule has 0 aromatic carbocycles. The summed E-state index contributed by atoms with van der Waals surface area (Å²) in [5, 5.41) is 11.2. The molecular formula is C10H16N2O5. The molecule has 0 unspecified atom stereocenters. The van der Waals surface area contributed by atoms with E-state index in [0.717, 1.165) is 0 Å². The molecule has 1 atom stereocenters. The van der Waals surface area contributed by atoms with Crippen molar-refractivity contribution in [2.24, 2.45) is 5.41 Å². The molecule has 0 aromatic heterocycles. The first-order valence-electron chi connectivity index (χ1n) is 5.23. The number of rotatable bonds is 5. The Bertz CT molecular complexity index is 340. The molecule has 0 aromatic rings. The van der Waals surface area contributed by atoms with Gasteiger partial charge in [0.05, 0.1) is 6.42 Å². The number of nitrogens with one attached hydrogen (secondary N) is 2. The van der Waals surface area contributed by atoms with E-state index in [1.54, 1.807) is 13.8 Å². The van der Waals surface area contributed by atoms with E-state index in [2.05, 4.69) is 15.6 Å². The number of carbonyl (C=O) groups is 3. The molecule has 96 valence electrons. The monoisotopic (exact) mass is 244 g/mol. The lowest BCUT2D eigenvalue weighted by atomic mass is 9.85. The predicted octanol–water partition coefficient (Wildman–Crippen LogP) is -0.576. The zero-order chi connectivity index (χ0) is 13.1. The Morgan fingerprint density at radius 3 is 2.65 bits per heavy atom. The third-order valence-corrected chi connectivity index (χ3v) is 2.34. The summed E-state index contributed by atoms with van der Waals surface area (Å²) < 4.78 is 0. The molecule has 1 heterocycles. The zero-order valence-electron chi connectivity index (χ0n) is 9.78. The van der Waals surface area contributed by atoms with Gasteiger partial charge in [-0.05, 0) is 5.41 Å². The number of carboxylic acid groups (broad SMARTS) is 1. The minimum Gasteiger partial charge on any atom is -0.481 e. The van der Waals surface area contributed by atoms with Gasteiger partial charge >= 0.3 is 5.97 Å². The first-order valence-corrected chi connectivity index (χ1v) is 5.23. The quantitative estimate of drug-likeness (QED) is 0.600. The van der Waals surface area contributed by atoms with E-state index in [9.17, 15) is 14.4 Å². The van der Waals surface area contributed by atoms with Crippen LogP contribution >= 0.6 is 0 Å². The average Bonchev–Trinajstić information content (AvgIpc) is 2.47. The van der Waals surface area contributed by atoms with Crippen LogP contribution in [0.2, 0.25) is 0 Å². The second-order valence-corrected chi connectivity index (χ2v) is 4.81. The lowest BCUT2D eigenvalue weighted by Gasteiger charge is -2.22. The highest BCUT2D eigenvalue weighted by Crippen LogP contribution is 2.24. The highest BCUT2D eigenvalue weighted by atomic mass is 16.7. The molecule has 2 amide bonds. The summed E-state index contributed by atoms with van der Waals surface area (Å²) in [6, 6.07) is -0.692. The predicted molar refractivity (Wildman–Crippen MR) is 56.7 cm³/mol. The molecule has 0 spiro atoms. The summed E-state index contributed by atoms with van der Waals surface area (Å²) in [6.45, 7) is 3.46. The summed E-state index contributed by atoms with van der Waals surface area (Å²) in [6.07, 6.45) is -0.0587. The summed E-state index contributed by atoms with van der Waals surface area (Å²) in [5.41, 5.74) is 1.48. The Morgan fingerprint density at radius 2 is 2.18 bits per heavy atom. The number of hydrogen-bond acceptors (Lipinski definition) is 4. The molecule has 1 aliphatic heterocycles. The molecule has 1 fully saturated rings. The fourth-order valence-corrected chi connectivity index (χ4v) is 1.60. The van der Waals surface area contributed by atoms with Crippen LogP contribution in [-0.2, 0) is 19.2 Å². The fourth-order valence-electron chi connectivity index (χ4n) is 1.60. The van der Waals surface area contributed by atoms with Gasteiger partial charge in [0.2, 0.25) is 5.91 Å². The molecule has 0 saturated carbocycles. The van der Waals surface area contributed by atoms with Crippen LogP contribution in [0.4, 0.5) is 0 Å². The topological polar surface area (TPSA) is 105 Å². The smallest absolute Gasteiger partial charge is 0.303 e. The third kappa shape index (κ3) is 4.39. The Balaban J connectivity index is 2.43. The lowest BCUT2D eigenvalue weighted by Crippen LogP contribution is -2.43. The zero-order valence-corrected chi connectivity index (χ0v) is 9.78. The van der Waals surface area contributed by atoms with E-state index in [1.165, 1.54) is 0 Å². The van der Waals surface area contributed by atoms with Gasteiger partial charge in [0, 0.05) is 6.42 Å². The molecule has 0 radical (unpaired) electrons. The van der Waals surface area contributed by atoms with E-state index in [-0.39, 0.29) is 25.4 Å². The SMILES string of the molecule is CC(C)(CC(=O)O)CC(=O)N[C@@H]1CONC1=O. The Labute approximate surface area is 98.5 Å². The maximum atomic E-state index is 11.6. The molecule has 7 nitrogen and oxygen atoms in total. The van der Waals surface area contributed by atoms with Crippen molar-refractivity contribution in [3.8, 4) is 0 Å². The largest absolute Gasteiger partial charge is 0.481 e. The van der Waals surface area contributed by atoms with Gasteiger partial charge in [0.15, 0.2) is 0 Å². The van der Waals surface area contributed by atoms with Crippen LogP contribution in [0.5, 0.6) is 0 Å². The number of aliphatic carboxylic acids is 1. The van der Waals surface area contributed by atoms with E-state index in [1.807, 2.05) is 0 Å². The van der Waals surface area contributed by atoms with Gasteiger partial charge in [-0.1, -0.05) is 13.8 Å². The Morgan fingerprint density at radius 1 is 1.53 bits per heavy atom. The van der Waals surface area contributed by atoms with Crippen molar-refractivity contribution in [1.82, 2.24) is 10.8 Å². The van der Waals surface area contributed by atoms with Crippen molar-refractivity contribution in [3.05, 3.63) is 0 Å². The normalized spacial score (nSPS) is 19.9. The summed E-state index contributed by atoms with van der Waals surface area (Å²) in [7, 11) is 0. The van der Waals surface area contributed by atoms with Crippen molar-refractivity contribution in [1.29, 1.82) is 0 Å². The number of carbonyl (C=O) groups excluding carboxylic acids is 2. The number of amides is 2. The molecule has 3 N–H and O–H groups in total. The minimum absolute atomic E-state index is 0.0447. The molecule has 0 aliphatic carbocycles. The van der Waals surface area contributed by atoms with Gasteiger partial charge in [0.25, 0.3) is 5.91 Å². The fraction of sp³-hybridized carbons (Fsp3) is 0.700. The van der Waals surface area contributed by atoms with Gasteiger partial charge < -0.3 is 10.4 Å². The molecule has 1 saturated heterocycles. The second-order valence-electron chi connectivity index (χ2n) is 4.81. The van der Waals surface area contributed by atoms with Gasteiger partial charge in [-0.15, -0.1) is 0 Å². The van der Waals surface area contributed by atoms with Crippen LogP contribution < -0.4 is 10.8 Å². The van der Waals surface area contributed by atoms with Crippen LogP contribution in [0.1, 0.15) is 26.7 Å². The van der Waals surface area contributed by atoms with Crippen LogP contribution in [0.25, 0.3) is 0 Å². The second kappa shape index (κ2) is 5.13. The van der Waals surface area contributed by atoms with Crippen LogP contribution in [0.15, 0.2) is 0 Å². The first kappa shape index (κ1) is 13.4. The Kier molecular flexibility index (Phi) is 4.06. The van der Waals surface area contributed by atoms with Gasteiger partial charge in [-0.3, -0.25) is 19.2 Å². The Hall–Kier alpha value is -1.63. The van der Waals surface area contributed by atoms with E-state index in [4.69, 9.17) is 5.11 Å². The molecule has 1 rings (SSSR count). The summed E-state index contributed by atoms with van der Waals surface area (Å²) >= 11 is 0. The van der Waals surface area contributed by atoms with E-state index >= 15 is 0 Å². The maximum Gasteiger partial charge on any atom is 0.303 e. The molecule has 0 bridgehead atoms. The van der Waals surface area contributed by atoms with Gasteiger partial charge in [0.1, 0.15) is 12.6 Å². The van der Waals surface area contributed by atoms with Crippen molar-refractivity contribution in [2.75, 3.05) is 6.61 Å². The lowest BCUT2D eigenvalue weighted by molar-refractivity contribution is -0.140. The first-order chi connectivity index (χ1) is 7.80. The molecule has 17 heavy (non-hydrogen) atoms. The van der Waals surface area contributed by atoms with Crippen LogP contribution in [0.3, 0.4) is 0 Å². The number of carboxylic acids is 1. The highest BCUT2D eigenvalue weighted by molar-refractivity contribution is 5.88. The van der Waals surface area contributed by atoms with Gasteiger partial charge in [-0.25, -0.2) is 5.48 Å². The molecule has 1 aliphatic rings. The standard InChI is InChI=1S/C10H16N2O5/c1-10(2,4-8(14)15)3-7(13)11-6-5-17-12-9(6)16/h6H,3-5H2,1-2H3,(H,11,13)(H,12,16)(H,14,15)/t6-/m1/s1. The number of hydrogen-bond donors (Lipinski definition) is 3. The van der Waals surface area contributed by atoms with Gasteiger partial charge in [-0.2, -0.15) is 0 Å². The van der Waals surface area contributed by atoms with Crippen LogP contribution in [0, 0.1) is 5.41 Å². The van der Waals surface area contributed by atoms with E-state index in [0.29, 0.717) is 0 Å². The van der Waals surface area contributed by atoms with Crippen LogP contribution in [-0.4, -0.2) is 35.5 Å². The van der Waals surface area contributed by atoms with E-state index < -0.39 is 23.3 Å². The van der Waals surface area contributed by atoms with Crippen molar-refractivity contribution < 1.29 is 24.3 Å². The average molecular weight is 244 g/mol. The summed E-state index contributed by atoms with van der Waals surface area (Å²) in [5.74, 6) is -1.71. The molecule has 7 heteroatoms.